The summed E-state index contributed by atoms with van der Waals surface area (Å²) in [5.74, 6) is 0.199. The molecule has 1 aliphatic heterocycles. The molecule has 0 spiro atoms. The molecule has 0 radical (unpaired) electrons. The van der Waals surface area contributed by atoms with Crippen LogP contribution in [0.1, 0.15) is 42.1 Å². The minimum absolute atomic E-state index is 0.00178. The Labute approximate surface area is 197 Å². The fraction of sp³-hybridized carbons (Fsp3) is 0.500. The average molecular weight is 482 g/mol. The van der Waals surface area contributed by atoms with Crippen LogP contribution in [-0.4, -0.2) is 50.5 Å². The van der Waals surface area contributed by atoms with E-state index in [0.29, 0.717) is 37.9 Å². The summed E-state index contributed by atoms with van der Waals surface area (Å²) in [7, 11) is 1.49. The molecule has 1 amide bonds. The fourth-order valence-electron chi connectivity index (χ4n) is 3.64. The van der Waals surface area contributed by atoms with Crippen molar-refractivity contribution in [2.24, 2.45) is 5.92 Å². The Morgan fingerprint density at radius 1 is 1.26 bits per heavy atom. The van der Waals surface area contributed by atoms with Crippen LogP contribution in [0.4, 0.5) is 24.7 Å². The summed E-state index contributed by atoms with van der Waals surface area (Å²) < 4.78 is 56.6. The number of hydrogen-bond acceptors (Lipinski definition) is 6. The molecule has 1 unspecified atom stereocenters. The average Bonchev–Trinajstić information content (AvgIpc) is 2.82. The zero-order chi connectivity index (χ0) is 24.6. The molecule has 1 aliphatic rings. The molecular weight excluding hydrogens is 451 g/mol. The number of methoxy groups -OCH3 is 1. The summed E-state index contributed by atoms with van der Waals surface area (Å²) in [6.07, 6.45) is -1.10. The van der Waals surface area contributed by atoms with Gasteiger partial charge in [-0.2, -0.15) is 13.2 Å². The quantitative estimate of drug-likeness (QED) is 0.497. The van der Waals surface area contributed by atoms with E-state index in [1.165, 1.54) is 13.2 Å². The Balaban J connectivity index is 1.78. The number of halogens is 3. The first-order valence-corrected chi connectivity index (χ1v) is 11.3. The predicted molar refractivity (Wildman–Crippen MR) is 122 cm³/mol. The SMILES string of the molecule is CCC(COC)Oc1cc(NC(=O)c2cccnc2NCC2CCOCC2)cc(C(F)(F)F)c1. The molecule has 186 valence electrons. The highest BCUT2D eigenvalue weighted by molar-refractivity contribution is 6.07. The number of hydrogen-bond donors (Lipinski definition) is 2. The van der Waals surface area contributed by atoms with Gasteiger partial charge in [0.15, 0.2) is 0 Å². The van der Waals surface area contributed by atoms with Gasteiger partial charge in [0.2, 0.25) is 0 Å². The Bertz CT molecular complexity index is 949. The van der Waals surface area contributed by atoms with E-state index in [-0.39, 0.29) is 23.6 Å². The van der Waals surface area contributed by atoms with Crippen molar-refractivity contribution in [1.29, 1.82) is 0 Å². The highest BCUT2D eigenvalue weighted by Gasteiger charge is 2.32. The van der Waals surface area contributed by atoms with E-state index in [4.69, 9.17) is 14.2 Å². The molecule has 3 rings (SSSR count). The molecule has 1 aromatic carbocycles. The van der Waals surface area contributed by atoms with Gasteiger partial charge in [0, 0.05) is 44.8 Å². The third kappa shape index (κ3) is 7.33. The Kier molecular flexibility index (Phi) is 9.12. The number of benzene rings is 1. The summed E-state index contributed by atoms with van der Waals surface area (Å²) in [6, 6.07) is 6.35. The maximum Gasteiger partial charge on any atom is 0.416 e. The van der Waals surface area contributed by atoms with E-state index < -0.39 is 23.8 Å². The molecule has 1 atom stereocenters. The van der Waals surface area contributed by atoms with E-state index >= 15 is 0 Å². The molecule has 7 nitrogen and oxygen atoms in total. The number of pyridine rings is 1. The lowest BCUT2D eigenvalue weighted by Gasteiger charge is -2.23. The molecule has 0 aliphatic carbocycles. The number of nitrogens with one attached hydrogen (secondary N) is 2. The van der Waals surface area contributed by atoms with Crippen LogP contribution in [0.2, 0.25) is 0 Å². The van der Waals surface area contributed by atoms with Gasteiger partial charge in [0.05, 0.1) is 17.7 Å². The normalized spacial score (nSPS) is 15.6. The zero-order valence-electron chi connectivity index (χ0n) is 19.3. The van der Waals surface area contributed by atoms with E-state index in [1.54, 1.807) is 18.3 Å². The topological polar surface area (TPSA) is 81.7 Å². The summed E-state index contributed by atoms with van der Waals surface area (Å²) >= 11 is 0. The van der Waals surface area contributed by atoms with Crippen LogP contribution in [0.5, 0.6) is 5.75 Å². The van der Waals surface area contributed by atoms with Crippen molar-refractivity contribution in [2.75, 3.05) is 44.1 Å². The molecule has 2 aromatic rings. The smallest absolute Gasteiger partial charge is 0.416 e. The second kappa shape index (κ2) is 12.0. The minimum atomic E-state index is -4.60. The highest BCUT2D eigenvalue weighted by atomic mass is 19.4. The third-order valence-electron chi connectivity index (χ3n) is 5.55. The van der Waals surface area contributed by atoms with Gasteiger partial charge in [-0.25, -0.2) is 4.98 Å². The lowest BCUT2D eigenvalue weighted by Crippen LogP contribution is -2.24. The third-order valence-corrected chi connectivity index (χ3v) is 5.55. The summed E-state index contributed by atoms with van der Waals surface area (Å²) in [5, 5.41) is 5.76. The number of anilines is 2. The van der Waals surface area contributed by atoms with Gasteiger partial charge >= 0.3 is 6.18 Å². The number of carbonyl (C=O) groups excluding carboxylic acids is 1. The minimum Gasteiger partial charge on any atom is -0.488 e. The molecule has 2 N–H and O–H groups in total. The van der Waals surface area contributed by atoms with Gasteiger partial charge in [-0.05, 0) is 49.4 Å². The molecule has 2 heterocycles. The predicted octanol–water partition coefficient (Wildman–Crippen LogP) is 5.00. The summed E-state index contributed by atoms with van der Waals surface area (Å²) in [4.78, 5) is 17.2. The summed E-state index contributed by atoms with van der Waals surface area (Å²) in [6.45, 7) is 4.10. The van der Waals surface area contributed by atoms with Crippen LogP contribution in [0.15, 0.2) is 36.5 Å². The molecule has 10 heteroatoms. The second-order valence-electron chi connectivity index (χ2n) is 8.14. The van der Waals surface area contributed by atoms with Gasteiger partial charge in [0.1, 0.15) is 17.7 Å². The van der Waals surface area contributed by atoms with Crippen molar-refractivity contribution >= 4 is 17.4 Å². The first-order valence-electron chi connectivity index (χ1n) is 11.3. The first-order chi connectivity index (χ1) is 16.3. The number of amides is 1. The number of carbonyl (C=O) groups is 1. The zero-order valence-corrected chi connectivity index (χ0v) is 19.3. The first kappa shape index (κ1) is 25.8. The van der Waals surface area contributed by atoms with E-state index in [2.05, 4.69) is 15.6 Å². The lowest BCUT2D eigenvalue weighted by atomic mass is 10.0. The van der Waals surface area contributed by atoms with Crippen LogP contribution in [-0.2, 0) is 15.7 Å². The number of ether oxygens (including phenoxy) is 3. The molecular formula is C24H30F3N3O4. The van der Waals surface area contributed by atoms with Crippen LogP contribution >= 0.6 is 0 Å². The van der Waals surface area contributed by atoms with Crippen LogP contribution in [0.25, 0.3) is 0 Å². The Morgan fingerprint density at radius 3 is 2.71 bits per heavy atom. The second-order valence-corrected chi connectivity index (χ2v) is 8.14. The maximum absolute atomic E-state index is 13.5. The van der Waals surface area contributed by atoms with Crippen molar-refractivity contribution in [3.05, 3.63) is 47.7 Å². The fourth-order valence-corrected chi connectivity index (χ4v) is 3.64. The van der Waals surface area contributed by atoms with Crippen molar-refractivity contribution < 1.29 is 32.2 Å². The molecule has 0 bridgehead atoms. The molecule has 1 saturated heterocycles. The van der Waals surface area contributed by atoms with Crippen LogP contribution in [0.3, 0.4) is 0 Å². The van der Waals surface area contributed by atoms with Crippen molar-refractivity contribution in [1.82, 2.24) is 4.98 Å². The highest BCUT2D eigenvalue weighted by Crippen LogP contribution is 2.35. The molecule has 34 heavy (non-hydrogen) atoms. The van der Waals surface area contributed by atoms with Crippen molar-refractivity contribution in [3.8, 4) is 5.75 Å². The Hall–Kier alpha value is -2.85. The molecule has 1 aromatic heterocycles. The van der Waals surface area contributed by atoms with E-state index in [0.717, 1.165) is 25.0 Å². The van der Waals surface area contributed by atoms with E-state index in [1.807, 2.05) is 6.92 Å². The molecule has 0 saturated carbocycles. The van der Waals surface area contributed by atoms with Crippen molar-refractivity contribution in [2.45, 2.75) is 38.5 Å². The standard InChI is InChI=1S/C24H30F3N3O4/c1-3-19(15-32-2)34-20-12-17(24(25,26)27)11-18(13-20)30-23(31)21-5-4-8-28-22(21)29-14-16-6-9-33-10-7-16/h4-5,8,11-13,16,19H,3,6-7,9-10,14-15H2,1-2H3,(H,28,29)(H,30,31). The molecule has 1 fully saturated rings. The van der Waals surface area contributed by atoms with Crippen LogP contribution in [0, 0.1) is 5.92 Å². The van der Waals surface area contributed by atoms with Gasteiger partial charge in [0.25, 0.3) is 5.91 Å². The number of aromatic nitrogens is 1. The van der Waals surface area contributed by atoms with Crippen LogP contribution < -0.4 is 15.4 Å². The number of rotatable bonds is 10. The largest absolute Gasteiger partial charge is 0.488 e. The number of nitrogens with zero attached hydrogens (tertiary/aromatic N) is 1. The Morgan fingerprint density at radius 2 is 2.03 bits per heavy atom. The van der Waals surface area contributed by atoms with Crippen molar-refractivity contribution in [3.63, 3.8) is 0 Å². The van der Waals surface area contributed by atoms with Gasteiger partial charge in [-0.3, -0.25) is 4.79 Å². The van der Waals surface area contributed by atoms with E-state index in [9.17, 15) is 18.0 Å². The van der Waals surface area contributed by atoms with Gasteiger partial charge in [-0.15, -0.1) is 0 Å². The number of alkyl halides is 3. The summed E-state index contributed by atoms with van der Waals surface area (Å²) in [5.41, 5.74) is -0.710. The maximum atomic E-state index is 13.5. The monoisotopic (exact) mass is 481 g/mol. The van der Waals surface area contributed by atoms with Gasteiger partial charge in [-0.1, -0.05) is 6.92 Å². The van der Waals surface area contributed by atoms with Gasteiger partial charge < -0.3 is 24.8 Å². The lowest BCUT2D eigenvalue weighted by molar-refractivity contribution is -0.137.